The molecule has 0 nitrogen and oxygen atoms in total. The Morgan fingerprint density at radius 3 is 2.15 bits per heavy atom. The topological polar surface area (TPSA) is 0 Å². The number of rotatable bonds is 0. The van der Waals surface area contributed by atoms with Gasteiger partial charge in [-0.15, -0.1) is 13.2 Å². The Morgan fingerprint density at radius 1 is 0.846 bits per heavy atom. The predicted molar refractivity (Wildman–Crippen MR) is 59.9 cm³/mol. The summed E-state index contributed by atoms with van der Waals surface area (Å²) in [6.07, 6.45) is 0. The van der Waals surface area contributed by atoms with E-state index in [9.17, 15) is 0 Å². The van der Waals surface area contributed by atoms with Crippen LogP contribution in [0.1, 0.15) is 5.56 Å². The third-order valence-electron chi connectivity index (χ3n) is 2.01. The number of fused-ring (bicyclic) bond motifs is 1. The second-order valence-corrected chi connectivity index (χ2v) is 2.80. The SMILES string of the molecule is C=C.Cc1cccc2ccccc12. The van der Waals surface area contributed by atoms with Crippen molar-refractivity contribution in [2.24, 2.45) is 0 Å². The molecule has 0 spiro atoms. The normalized spacial score (nSPS) is 9.00. The molecule has 0 aliphatic rings. The van der Waals surface area contributed by atoms with Crippen LogP contribution >= 0.6 is 0 Å². The zero-order valence-electron chi connectivity index (χ0n) is 7.96. The highest BCUT2D eigenvalue weighted by Crippen LogP contribution is 2.16. The van der Waals surface area contributed by atoms with Crippen molar-refractivity contribution in [2.45, 2.75) is 6.92 Å². The summed E-state index contributed by atoms with van der Waals surface area (Å²) in [4.78, 5) is 0. The first-order valence-corrected chi connectivity index (χ1v) is 4.32. The zero-order valence-corrected chi connectivity index (χ0v) is 7.96. The number of hydrogen-bond donors (Lipinski definition) is 0. The maximum atomic E-state index is 3.00. The minimum atomic E-state index is 1.33. The summed E-state index contributed by atoms with van der Waals surface area (Å²) < 4.78 is 0. The molecule has 2 rings (SSSR count). The van der Waals surface area contributed by atoms with Crippen LogP contribution in [-0.2, 0) is 0 Å². The molecule has 0 aliphatic heterocycles. The fourth-order valence-electron chi connectivity index (χ4n) is 1.39. The molecular formula is C13H14. The summed E-state index contributed by atoms with van der Waals surface area (Å²) in [5, 5.41) is 2.68. The standard InChI is InChI=1S/C11H10.C2H4/c1-9-5-4-7-10-6-2-3-8-11(9)10;1-2/h2-8H,1H3;1-2H2. The lowest BCUT2D eigenvalue weighted by molar-refractivity contribution is 1.53. The fraction of sp³-hybridized carbons (Fsp3) is 0.0769. The maximum Gasteiger partial charge on any atom is -0.0155 e. The highest BCUT2D eigenvalue weighted by Gasteiger charge is 1.91. The molecule has 0 fully saturated rings. The van der Waals surface area contributed by atoms with Gasteiger partial charge in [-0.25, -0.2) is 0 Å². The van der Waals surface area contributed by atoms with Gasteiger partial charge in [-0.3, -0.25) is 0 Å². The second-order valence-electron chi connectivity index (χ2n) is 2.80. The summed E-state index contributed by atoms with van der Waals surface area (Å²) in [5.74, 6) is 0. The van der Waals surface area contributed by atoms with E-state index in [1.165, 1.54) is 16.3 Å². The van der Waals surface area contributed by atoms with E-state index in [0.29, 0.717) is 0 Å². The number of benzene rings is 2. The van der Waals surface area contributed by atoms with E-state index in [0.717, 1.165) is 0 Å². The van der Waals surface area contributed by atoms with E-state index in [1.807, 2.05) is 0 Å². The van der Waals surface area contributed by atoms with Gasteiger partial charge in [-0.05, 0) is 23.3 Å². The molecule has 0 saturated carbocycles. The first-order chi connectivity index (χ1) is 6.38. The van der Waals surface area contributed by atoms with Crippen molar-refractivity contribution in [1.82, 2.24) is 0 Å². The molecule has 0 amide bonds. The van der Waals surface area contributed by atoms with Gasteiger partial charge in [0.15, 0.2) is 0 Å². The maximum absolute atomic E-state index is 3.00. The first kappa shape index (κ1) is 9.53. The van der Waals surface area contributed by atoms with Crippen LogP contribution in [0.15, 0.2) is 55.6 Å². The van der Waals surface area contributed by atoms with E-state index in [2.05, 4.69) is 62.5 Å². The minimum absolute atomic E-state index is 1.33. The van der Waals surface area contributed by atoms with Gasteiger partial charge in [0, 0.05) is 0 Å². The average Bonchev–Trinajstić information content (AvgIpc) is 2.22. The lowest BCUT2D eigenvalue weighted by Crippen LogP contribution is -1.75. The molecule has 0 heteroatoms. The van der Waals surface area contributed by atoms with Crippen molar-refractivity contribution >= 4 is 10.8 Å². The van der Waals surface area contributed by atoms with Gasteiger partial charge in [0.1, 0.15) is 0 Å². The van der Waals surface area contributed by atoms with Crippen LogP contribution < -0.4 is 0 Å². The molecule has 0 atom stereocenters. The van der Waals surface area contributed by atoms with Gasteiger partial charge >= 0.3 is 0 Å². The van der Waals surface area contributed by atoms with Crippen LogP contribution in [0.25, 0.3) is 10.8 Å². The highest BCUT2D eigenvalue weighted by atomic mass is 14.0. The third kappa shape index (κ3) is 1.97. The Labute approximate surface area is 79.5 Å². The molecule has 0 radical (unpaired) electrons. The zero-order chi connectivity index (χ0) is 9.68. The summed E-state index contributed by atoms with van der Waals surface area (Å²) in [7, 11) is 0. The molecule has 2 aromatic rings. The molecular weight excluding hydrogens is 156 g/mol. The van der Waals surface area contributed by atoms with Crippen molar-refractivity contribution in [1.29, 1.82) is 0 Å². The molecule has 0 N–H and O–H groups in total. The van der Waals surface area contributed by atoms with Gasteiger partial charge in [0.05, 0.1) is 0 Å². The lowest BCUT2D eigenvalue weighted by Gasteiger charge is -1.98. The van der Waals surface area contributed by atoms with Crippen molar-refractivity contribution in [3.63, 3.8) is 0 Å². The molecule has 13 heavy (non-hydrogen) atoms. The first-order valence-electron chi connectivity index (χ1n) is 4.32. The third-order valence-corrected chi connectivity index (χ3v) is 2.01. The Bertz CT molecular complexity index is 383. The molecule has 0 bridgehead atoms. The molecule has 0 aromatic heterocycles. The fourth-order valence-corrected chi connectivity index (χ4v) is 1.39. The summed E-state index contributed by atoms with van der Waals surface area (Å²) in [6.45, 7) is 8.14. The largest absolute Gasteiger partial charge is 0.106 e. The molecule has 0 aliphatic carbocycles. The van der Waals surface area contributed by atoms with Crippen molar-refractivity contribution in [3.05, 3.63) is 61.2 Å². The molecule has 0 unspecified atom stereocenters. The summed E-state index contributed by atoms with van der Waals surface area (Å²) >= 11 is 0. The highest BCUT2D eigenvalue weighted by molar-refractivity contribution is 5.85. The van der Waals surface area contributed by atoms with Crippen LogP contribution in [0, 0.1) is 6.92 Å². The smallest absolute Gasteiger partial charge is 0.0155 e. The van der Waals surface area contributed by atoms with E-state index in [4.69, 9.17) is 0 Å². The molecule has 0 saturated heterocycles. The number of aryl methyl sites for hydroxylation is 1. The van der Waals surface area contributed by atoms with Crippen molar-refractivity contribution in [3.8, 4) is 0 Å². The van der Waals surface area contributed by atoms with Crippen LogP contribution in [-0.4, -0.2) is 0 Å². The van der Waals surface area contributed by atoms with E-state index in [-0.39, 0.29) is 0 Å². The Kier molecular flexibility index (Phi) is 3.27. The Morgan fingerprint density at radius 2 is 1.46 bits per heavy atom. The molecule has 0 heterocycles. The van der Waals surface area contributed by atoms with E-state index < -0.39 is 0 Å². The van der Waals surface area contributed by atoms with Gasteiger partial charge in [0.25, 0.3) is 0 Å². The average molecular weight is 170 g/mol. The van der Waals surface area contributed by atoms with Gasteiger partial charge < -0.3 is 0 Å². The quantitative estimate of drug-likeness (QED) is 0.525. The minimum Gasteiger partial charge on any atom is -0.106 e. The Balaban J connectivity index is 0.000000396. The number of hydrogen-bond acceptors (Lipinski definition) is 0. The van der Waals surface area contributed by atoms with Crippen LogP contribution in [0.5, 0.6) is 0 Å². The van der Waals surface area contributed by atoms with Gasteiger partial charge in [0.2, 0.25) is 0 Å². The van der Waals surface area contributed by atoms with Crippen LogP contribution in [0.4, 0.5) is 0 Å². The van der Waals surface area contributed by atoms with E-state index >= 15 is 0 Å². The second kappa shape index (κ2) is 4.46. The van der Waals surface area contributed by atoms with Crippen LogP contribution in [0.2, 0.25) is 0 Å². The Hall–Kier alpha value is -1.56. The van der Waals surface area contributed by atoms with Crippen molar-refractivity contribution in [2.75, 3.05) is 0 Å². The molecule has 2 aromatic carbocycles. The summed E-state index contributed by atoms with van der Waals surface area (Å²) in [5.41, 5.74) is 1.35. The van der Waals surface area contributed by atoms with Crippen LogP contribution in [0.3, 0.4) is 0 Å². The summed E-state index contributed by atoms with van der Waals surface area (Å²) in [6, 6.07) is 14.8. The monoisotopic (exact) mass is 170 g/mol. The molecule has 66 valence electrons. The van der Waals surface area contributed by atoms with E-state index in [1.54, 1.807) is 0 Å². The predicted octanol–water partition coefficient (Wildman–Crippen LogP) is 3.95. The van der Waals surface area contributed by atoms with Gasteiger partial charge in [-0.1, -0.05) is 42.5 Å². The lowest BCUT2D eigenvalue weighted by atomic mass is 10.1. The van der Waals surface area contributed by atoms with Crippen molar-refractivity contribution < 1.29 is 0 Å². The van der Waals surface area contributed by atoms with Gasteiger partial charge in [-0.2, -0.15) is 0 Å².